The molecule has 2 aromatic rings. The number of likely N-dealkylation sites (N-methyl/N-ethyl adjacent to an activating group) is 1. The molecule has 5 nitrogen and oxygen atoms in total. The lowest BCUT2D eigenvalue weighted by atomic mass is 10.1. The van der Waals surface area contributed by atoms with Crippen LogP contribution in [-0.2, 0) is 6.54 Å². The molecule has 1 atom stereocenters. The summed E-state index contributed by atoms with van der Waals surface area (Å²) in [5.74, 6) is 1.37. The van der Waals surface area contributed by atoms with Crippen LogP contribution in [0.25, 0.3) is 11.5 Å². The van der Waals surface area contributed by atoms with Crippen molar-refractivity contribution in [2.24, 2.45) is 0 Å². The molecule has 106 valence electrons. The fourth-order valence-electron chi connectivity index (χ4n) is 2.63. The molecule has 3 rings (SSSR count). The zero-order chi connectivity index (χ0) is 13.9. The van der Waals surface area contributed by atoms with Crippen LogP contribution < -0.4 is 5.32 Å². The van der Waals surface area contributed by atoms with Crippen LogP contribution in [0, 0.1) is 6.92 Å². The topological polar surface area (TPSA) is 54.2 Å². The van der Waals surface area contributed by atoms with Crippen molar-refractivity contribution in [1.29, 1.82) is 0 Å². The van der Waals surface area contributed by atoms with Crippen LogP contribution in [0.5, 0.6) is 0 Å². The van der Waals surface area contributed by atoms with Gasteiger partial charge < -0.3 is 9.84 Å². The maximum absolute atomic E-state index is 5.37. The van der Waals surface area contributed by atoms with Crippen LogP contribution in [0.1, 0.15) is 17.8 Å². The van der Waals surface area contributed by atoms with Crippen molar-refractivity contribution in [2.75, 3.05) is 20.1 Å². The molecule has 1 saturated heterocycles. The molecule has 0 spiro atoms. The Hall–Kier alpha value is -1.72. The highest BCUT2D eigenvalue weighted by Crippen LogP contribution is 2.19. The van der Waals surface area contributed by atoms with Crippen molar-refractivity contribution in [1.82, 2.24) is 20.4 Å². The average molecular weight is 272 g/mol. The van der Waals surface area contributed by atoms with E-state index in [1.807, 2.05) is 19.2 Å². The predicted octanol–water partition coefficient (Wildman–Crippen LogP) is 1.84. The molecule has 0 bridgehead atoms. The molecular weight excluding hydrogens is 252 g/mol. The Bertz CT molecular complexity index is 581. The molecule has 0 amide bonds. The second kappa shape index (κ2) is 5.73. The van der Waals surface area contributed by atoms with E-state index in [1.165, 1.54) is 12.0 Å². The number of nitrogens with zero attached hydrogens (tertiary/aromatic N) is 3. The first-order chi connectivity index (χ1) is 9.74. The Morgan fingerprint density at radius 3 is 3.10 bits per heavy atom. The Kier molecular flexibility index (Phi) is 3.80. The van der Waals surface area contributed by atoms with E-state index in [0.717, 1.165) is 31.0 Å². The van der Waals surface area contributed by atoms with Gasteiger partial charge in [0.15, 0.2) is 5.82 Å². The van der Waals surface area contributed by atoms with Crippen LogP contribution in [0.4, 0.5) is 0 Å². The third-order valence-corrected chi connectivity index (χ3v) is 3.78. The predicted molar refractivity (Wildman–Crippen MR) is 77.2 cm³/mol. The highest BCUT2D eigenvalue weighted by molar-refractivity contribution is 5.53. The summed E-state index contributed by atoms with van der Waals surface area (Å²) in [7, 11) is 2.01. The Morgan fingerprint density at radius 2 is 2.35 bits per heavy atom. The summed E-state index contributed by atoms with van der Waals surface area (Å²) >= 11 is 0. The van der Waals surface area contributed by atoms with Crippen molar-refractivity contribution in [3.63, 3.8) is 0 Å². The van der Waals surface area contributed by atoms with Gasteiger partial charge in [-0.3, -0.25) is 4.90 Å². The number of benzene rings is 1. The summed E-state index contributed by atoms with van der Waals surface area (Å²) in [4.78, 5) is 6.85. The number of aromatic nitrogens is 2. The molecule has 1 fully saturated rings. The fourth-order valence-corrected chi connectivity index (χ4v) is 2.63. The van der Waals surface area contributed by atoms with E-state index in [9.17, 15) is 0 Å². The second-order valence-electron chi connectivity index (χ2n) is 5.39. The van der Waals surface area contributed by atoms with Gasteiger partial charge in [-0.15, -0.1) is 0 Å². The average Bonchev–Trinajstić information content (AvgIpc) is 3.08. The Morgan fingerprint density at radius 1 is 1.45 bits per heavy atom. The summed E-state index contributed by atoms with van der Waals surface area (Å²) in [6.45, 7) is 4.95. The number of rotatable bonds is 4. The molecule has 0 saturated carbocycles. The number of hydrogen-bond donors (Lipinski definition) is 1. The summed E-state index contributed by atoms with van der Waals surface area (Å²) in [5.41, 5.74) is 2.18. The van der Waals surface area contributed by atoms with Crippen molar-refractivity contribution in [3.8, 4) is 11.5 Å². The maximum Gasteiger partial charge on any atom is 0.257 e. The number of hydrogen-bond acceptors (Lipinski definition) is 5. The van der Waals surface area contributed by atoms with Crippen molar-refractivity contribution in [3.05, 3.63) is 35.7 Å². The second-order valence-corrected chi connectivity index (χ2v) is 5.39. The molecule has 1 aromatic carbocycles. The lowest BCUT2D eigenvalue weighted by Crippen LogP contribution is -2.29. The molecular formula is C15H20N4O. The van der Waals surface area contributed by atoms with E-state index < -0.39 is 0 Å². The van der Waals surface area contributed by atoms with E-state index in [0.29, 0.717) is 11.9 Å². The van der Waals surface area contributed by atoms with Gasteiger partial charge in [-0.2, -0.15) is 4.98 Å². The first-order valence-electron chi connectivity index (χ1n) is 7.04. The van der Waals surface area contributed by atoms with Crippen LogP contribution >= 0.6 is 0 Å². The number of likely N-dealkylation sites (tertiary alicyclic amines) is 1. The van der Waals surface area contributed by atoms with Gasteiger partial charge in [0.25, 0.3) is 5.89 Å². The van der Waals surface area contributed by atoms with Crippen LogP contribution in [0.15, 0.2) is 28.8 Å². The van der Waals surface area contributed by atoms with Gasteiger partial charge >= 0.3 is 0 Å². The highest BCUT2D eigenvalue weighted by Gasteiger charge is 2.22. The molecule has 1 aliphatic rings. The van der Waals surface area contributed by atoms with Gasteiger partial charge in [-0.1, -0.05) is 22.9 Å². The van der Waals surface area contributed by atoms with Crippen LogP contribution in [-0.4, -0.2) is 41.2 Å². The summed E-state index contributed by atoms with van der Waals surface area (Å²) < 4.78 is 5.37. The highest BCUT2D eigenvalue weighted by atomic mass is 16.5. The molecule has 1 aliphatic heterocycles. The normalized spacial score (nSPS) is 19.6. The standard InChI is InChI=1S/C15H20N4O/c1-11-4-3-5-12(8-11)15-17-14(18-20-15)10-19-7-6-13(9-19)16-2/h3-5,8,13,16H,6-7,9-10H2,1-2H3. The van der Waals surface area contributed by atoms with Crippen LogP contribution in [0.2, 0.25) is 0 Å². The largest absolute Gasteiger partial charge is 0.334 e. The van der Waals surface area contributed by atoms with Crippen molar-refractivity contribution < 1.29 is 4.52 Å². The molecule has 5 heteroatoms. The molecule has 20 heavy (non-hydrogen) atoms. The minimum atomic E-state index is 0.582. The molecule has 1 N–H and O–H groups in total. The van der Waals surface area contributed by atoms with Crippen molar-refractivity contribution >= 4 is 0 Å². The molecule has 2 heterocycles. The maximum atomic E-state index is 5.37. The summed E-state index contributed by atoms with van der Waals surface area (Å²) in [6, 6.07) is 8.70. The van der Waals surface area contributed by atoms with E-state index in [-0.39, 0.29) is 0 Å². The van der Waals surface area contributed by atoms with Crippen molar-refractivity contribution in [2.45, 2.75) is 25.9 Å². The summed E-state index contributed by atoms with van der Waals surface area (Å²) in [5, 5.41) is 7.40. The third-order valence-electron chi connectivity index (χ3n) is 3.78. The minimum Gasteiger partial charge on any atom is -0.334 e. The lowest BCUT2D eigenvalue weighted by Gasteiger charge is -2.12. The van der Waals surface area contributed by atoms with E-state index in [4.69, 9.17) is 4.52 Å². The van der Waals surface area contributed by atoms with Gasteiger partial charge in [-0.05, 0) is 32.5 Å². The Balaban J connectivity index is 1.68. The minimum absolute atomic E-state index is 0.582. The molecule has 0 aliphatic carbocycles. The molecule has 1 unspecified atom stereocenters. The van der Waals surface area contributed by atoms with Crippen LogP contribution in [0.3, 0.4) is 0 Å². The quantitative estimate of drug-likeness (QED) is 0.920. The Labute approximate surface area is 119 Å². The molecule has 1 aromatic heterocycles. The SMILES string of the molecule is CNC1CCN(Cc2noc(-c3cccc(C)c3)n2)C1. The molecule has 0 radical (unpaired) electrons. The van der Waals surface area contributed by atoms with Gasteiger partial charge in [0.2, 0.25) is 0 Å². The zero-order valence-corrected chi connectivity index (χ0v) is 12.0. The van der Waals surface area contributed by atoms with E-state index in [1.54, 1.807) is 0 Å². The van der Waals surface area contributed by atoms with Gasteiger partial charge in [-0.25, -0.2) is 0 Å². The smallest absolute Gasteiger partial charge is 0.257 e. The van der Waals surface area contributed by atoms with E-state index >= 15 is 0 Å². The number of aryl methyl sites for hydroxylation is 1. The fraction of sp³-hybridized carbons (Fsp3) is 0.467. The monoisotopic (exact) mass is 272 g/mol. The first kappa shape index (κ1) is 13.3. The first-order valence-corrected chi connectivity index (χ1v) is 7.04. The summed E-state index contributed by atoms with van der Waals surface area (Å²) in [6.07, 6.45) is 1.18. The van der Waals surface area contributed by atoms with Gasteiger partial charge in [0.05, 0.1) is 6.54 Å². The lowest BCUT2D eigenvalue weighted by molar-refractivity contribution is 0.305. The van der Waals surface area contributed by atoms with Gasteiger partial charge in [0, 0.05) is 24.7 Å². The van der Waals surface area contributed by atoms with Gasteiger partial charge in [0.1, 0.15) is 0 Å². The number of nitrogens with one attached hydrogen (secondary N) is 1. The zero-order valence-electron chi connectivity index (χ0n) is 12.0. The van der Waals surface area contributed by atoms with E-state index in [2.05, 4.69) is 39.4 Å². The third kappa shape index (κ3) is 2.89.